The molecule has 1 amide bonds. The van der Waals surface area contributed by atoms with Crippen LogP contribution in [0.5, 0.6) is 0 Å². The van der Waals surface area contributed by atoms with Crippen molar-refractivity contribution in [1.82, 2.24) is 19.7 Å². The Morgan fingerprint density at radius 2 is 2.16 bits per heavy atom. The average molecular weight is 268 g/mol. The number of aromatic nitrogens is 3. The summed E-state index contributed by atoms with van der Waals surface area (Å²) in [6.45, 7) is 6.10. The molecule has 1 N–H and O–H groups in total. The Morgan fingerprint density at radius 3 is 2.68 bits per heavy atom. The molecule has 2 atom stereocenters. The maximum atomic E-state index is 12.0. The Labute approximate surface area is 112 Å². The van der Waals surface area contributed by atoms with E-state index in [1.54, 1.807) is 10.9 Å². The second-order valence-electron chi connectivity index (χ2n) is 5.86. The van der Waals surface area contributed by atoms with E-state index < -0.39 is 17.8 Å². The van der Waals surface area contributed by atoms with Crippen molar-refractivity contribution in [2.75, 3.05) is 13.1 Å². The van der Waals surface area contributed by atoms with E-state index in [4.69, 9.17) is 4.74 Å². The number of aliphatic hydroxyl groups is 1. The molecule has 2 rings (SSSR count). The summed E-state index contributed by atoms with van der Waals surface area (Å²) < 4.78 is 7.06. The number of β-amino-alcohol motifs (C(OH)–C–C–N with tert-alkyl or cyclic N) is 1. The van der Waals surface area contributed by atoms with Gasteiger partial charge in [-0.2, -0.15) is 0 Å². The topological polar surface area (TPSA) is 80.5 Å². The van der Waals surface area contributed by atoms with Crippen molar-refractivity contribution in [3.05, 3.63) is 12.2 Å². The Kier molecular flexibility index (Phi) is 3.49. The van der Waals surface area contributed by atoms with Gasteiger partial charge in [-0.1, -0.05) is 0 Å². The highest BCUT2D eigenvalue weighted by atomic mass is 16.6. The van der Waals surface area contributed by atoms with Crippen molar-refractivity contribution >= 4 is 6.09 Å². The number of nitrogens with zero attached hydrogens (tertiary/aromatic N) is 4. The van der Waals surface area contributed by atoms with E-state index in [-0.39, 0.29) is 12.5 Å². The number of hydrogen-bond donors (Lipinski definition) is 1. The van der Waals surface area contributed by atoms with Crippen LogP contribution in [0, 0.1) is 0 Å². The fourth-order valence-electron chi connectivity index (χ4n) is 2.14. The number of amides is 1. The molecule has 1 aliphatic heterocycles. The summed E-state index contributed by atoms with van der Waals surface area (Å²) in [5.41, 5.74) is -0.537. The summed E-state index contributed by atoms with van der Waals surface area (Å²) in [6, 6.07) is 0. The number of carbonyl (C=O) groups excluding carboxylic acids is 1. The third-order valence-corrected chi connectivity index (χ3v) is 3.02. The minimum absolute atomic E-state index is 0.222. The molecular weight excluding hydrogens is 248 g/mol. The van der Waals surface area contributed by atoms with Crippen LogP contribution in [0.2, 0.25) is 0 Å². The van der Waals surface area contributed by atoms with Gasteiger partial charge in [0, 0.05) is 13.6 Å². The minimum atomic E-state index is -0.643. The number of aliphatic hydroxyl groups excluding tert-OH is 1. The largest absolute Gasteiger partial charge is 0.444 e. The molecule has 1 aromatic heterocycles. The van der Waals surface area contributed by atoms with Crippen LogP contribution in [0.1, 0.15) is 32.5 Å². The molecule has 2 heterocycles. The summed E-state index contributed by atoms with van der Waals surface area (Å²) >= 11 is 0. The molecule has 0 radical (unpaired) electrons. The molecular formula is C12H20N4O3. The molecule has 2 unspecified atom stereocenters. The third-order valence-electron chi connectivity index (χ3n) is 3.02. The number of rotatable bonds is 1. The SMILES string of the molecule is Cn1cnnc1C1CN(C(=O)OC(C)(C)C)CC1O. The van der Waals surface area contributed by atoms with Crippen molar-refractivity contribution in [3.8, 4) is 0 Å². The normalized spacial score (nSPS) is 23.7. The van der Waals surface area contributed by atoms with E-state index in [2.05, 4.69) is 10.2 Å². The first-order valence-corrected chi connectivity index (χ1v) is 6.28. The van der Waals surface area contributed by atoms with Crippen LogP contribution in [0.4, 0.5) is 4.79 Å². The highest BCUT2D eigenvalue weighted by molar-refractivity contribution is 5.68. The number of hydrogen-bond acceptors (Lipinski definition) is 5. The Morgan fingerprint density at radius 1 is 1.47 bits per heavy atom. The molecule has 1 aromatic rings. The lowest BCUT2D eigenvalue weighted by Crippen LogP contribution is -2.35. The van der Waals surface area contributed by atoms with Gasteiger partial charge in [-0.3, -0.25) is 0 Å². The Bertz CT molecular complexity index is 466. The van der Waals surface area contributed by atoms with Gasteiger partial charge in [0.15, 0.2) is 0 Å². The number of ether oxygens (including phenoxy) is 1. The van der Waals surface area contributed by atoms with Gasteiger partial charge in [-0.15, -0.1) is 10.2 Å². The highest BCUT2D eigenvalue weighted by Gasteiger charge is 2.39. The van der Waals surface area contributed by atoms with E-state index >= 15 is 0 Å². The molecule has 0 aliphatic carbocycles. The van der Waals surface area contributed by atoms with Gasteiger partial charge in [-0.05, 0) is 20.8 Å². The van der Waals surface area contributed by atoms with E-state index in [0.29, 0.717) is 12.4 Å². The van der Waals surface area contributed by atoms with E-state index in [1.165, 1.54) is 4.90 Å². The van der Waals surface area contributed by atoms with Crippen LogP contribution in [0.3, 0.4) is 0 Å². The van der Waals surface area contributed by atoms with Crippen molar-refractivity contribution in [3.63, 3.8) is 0 Å². The van der Waals surface area contributed by atoms with Crippen LogP contribution in [-0.2, 0) is 11.8 Å². The third kappa shape index (κ3) is 3.04. The van der Waals surface area contributed by atoms with Gasteiger partial charge in [0.2, 0.25) is 0 Å². The summed E-state index contributed by atoms with van der Waals surface area (Å²) in [4.78, 5) is 13.5. The van der Waals surface area contributed by atoms with E-state index in [9.17, 15) is 9.90 Å². The zero-order valence-electron chi connectivity index (χ0n) is 11.7. The van der Waals surface area contributed by atoms with Crippen LogP contribution in [0.25, 0.3) is 0 Å². The van der Waals surface area contributed by atoms with E-state index in [0.717, 1.165) is 0 Å². The first-order chi connectivity index (χ1) is 8.78. The summed E-state index contributed by atoms with van der Waals surface area (Å²) in [7, 11) is 1.82. The Balaban J connectivity index is 2.06. The lowest BCUT2D eigenvalue weighted by Gasteiger charge is -2.24. The van der Waals surface area contributed by atoms with E-state index in [1.807, 2.05) is 27.8 Å². The van der Waals surface area contributed by atoms with Crippen molar-refractivity contribution in [2.24, 2.45) is 7.05 Å². The first kappa shape index (κ1) is 13.8. The molecule has 0 saturated carbocycles. The quantitative estimate of drug-likeness (QED) is 0.802. The number of likely N-dealkylation sites (tertiary alicyclic amines) is 1. The second-order valence-corrected chi connectivity index (χ2v) is 5.86. The second kappa shape index (κ2) is 4.80. The predicted molar refractivity (Wildman–Crippen MR) is 67.6 cm³/mol. The van der Waals surface area contributed by atoms with Gasteiger partial charge in [0.1, 0.15) is 17.8 Å². The zero-order valence-corrected chi connectivity index (χ0v) is 11.7. The maximum absolute atomic E-state index is 12.0. The Hall–Kier alpha value is -1.63. The van der Waals surface area contributed by atoms with Crippen LogP contribution < -0.4 is 0 Å². The average Bonchev–Trinajstić information content (AvgIpc) is 2.82. The molecule has 7 nitrogen and oxygen atoms in total. The van der Waals surface area contributed by atoms with Crippen molar-refractivity contribution in [1.29, 1.82) is 0 Å². The van der Waals surface area contributed by atoms with Gasteiger partial charge in [-0.25, -0.2) is 4.79 Å². The van der Waals surface area contributed by atoms with Crippen LogP contribution in [0.15, 0.2) is 6.33 Å². The molecule has 1 saturated heterocycles. The highest BCUT2D eigenvalue weighted by Crippen LogP contribution is 2.27. The summed E-state index contributed by atoms with van der Waals surface area (Å²) in [5, 5.41) is 17.9. The van der Waals surface area contributed by atoms with Crippen molar-refractivity contribution < 1.29 is 14.6 Å². The minimum Gasteiger partial charge on any atom is -0.444 e. The van der Waals surface area contributed by atoms with Crippen molar-refractivity contribution in [2.45, 2.75) is 38.4 Å². The molecule has 0 spiro atoms. The van der Waals surface area contributed by atoms with Crippen LogP contribution >= 0.6 is 0 Å². The molecule has 1 aliphatic rings. The predicted octanol–water partition coefficient (Wildman–Crippen LogP) is 0.510. The fourth-order valence-corrected chi connectivity index (χ4v) is 2.14. The molecule has 1 fully saturated rings. The fraction of sp³-hybridized carbons (Fsp3) is 0.750. The molecule has 106 valence electrons. The smallest absolute Gasteiger partial charge is 0.410 e. The summed E-state index contributed by atoms with van der Waals surface area (Å²) in [6.07, 6.45) is 0.532. The number of carbonyl (C=O) groups is 1. The molecule has 19 heavy (non-hydrogen) atoms. The molecule has 0 aromatic carbocycles. The zero-order chi connectivity index (χ0) is 14.2. The first-order valence-electron chi connectivity index (χ1n) is 6.28. The molecule has 0 bridgehead atoms. The monoisotopic (exact) mass is 268 g/mol. The maximum Gasteiger partial charge on any atom is 0.410 e. The van der Waals surface area contributed by atoms with Gasteiger partial charge >= 0.3 is 6.09 Å². The lowest BCUT2D eigenvalue weighted by atomic mass is 10.1. The van der Waals surface area contributed by atoms with Crippen LogP contribution in [-0.4, -0.2) is 55.7 Å². The summed E-state index contributed by atoms with van der Waals surface area (Å²) in [5.74, 6) is 0.457. The van der Waals surface area contributed by atoms with Gasteiger partial charge < -0.3 is 19.3 Å². The van der Waals surface area contributed by atoms with Gasteiger partial charge in [0.25, 0.3) is 0 Å². The lowest BCUT2D eigenvalue weighted by molar-refractivity contribution is 0.0270. The van der Waals surface area contributed by atoms with Gasteiger partial charge in [0.05, 0.1) is 18.6 Å². The molecule has 7 heteroatoms. The number of aryl methyl sites for hydroxylation is 1. The standard InChI is InChI=1S/C12H20N4O3/c1-12(2,3)19-11(18)16-5-8(9(17)6-16)10-14-13-7-15(10)4/h7-9,17H,5-6H2,1-4H3.